The highest BCUT2D eigenvalue weighted by Gasteiger charge is 2.44. The molecule has 2 aliphatic carbocycles. The van der Waals surface area contributed by atoms with Gasteiger partial charge in [-0.1, -0.05) is 72.8 Å². The van der Waals surface area contributed by atoms with E-state index in [1.165, 1.54) is 36.4 Å². The molecule has 12 heteroatoms. The monoisotopic (exact) mass is 692 g/mol. The lowest BCUT2D eigenvalue weighted by atomic mass is 10.0. The second kappa shape index (κ2) is 14.8. The van der Waals surface area contributed by atoms with Crippen LogP contribution in [0.25, 0.3) is 0 Å². The van der Waals surface area contributed by atoms with Crippen LogP contribution in [-0.2, 0) is 22.4 Å². The summed E-state index contributed by atoms with van der Waals surface area (Å²) >= 11 is 1.31. The number of benzene rings is 4. The molecule has 2 amide bonds. The van der Waals surface area contributed by atoms with Gasteiger partial charge in [0.25, 0.3) is 0 Å². The summed E-state index contributed by atoms with van der Waals surface area (Å²) in [7, 11) is 0. The summed E-state index contributed by atoms with van der Waals surface area (Å²) in [5.74, 6) is -2.97. The first kappa shape index (κ1) is 34.1. The van der Waals surface area contributed by atoms with E-state index in [1.54, 1.807) is 36.4 Å². The largest absolute Gasteiger partial charge is 0.390 e. The van der Waals surface area contributed by atoms with Crippen molar-refractivity contribution in [3.63, 3.8) is 0 Å². The van der Waals surface area contributed by atoms with E-state index >= 15 is 0 Å². The molecule has 0 radical (unpaired) electrons. The Labute approximate surface area is 284 Å². The molecule has 0 bridgehead atoms. The fourth-order valence-electron chi connectivity index (χ4n) is 6.24. The predicted molar refractivity (Wildman–Crippen MR) is 178 cm³/mol. The summed E-state index contributed by atoms with van der Waals surface area (Å²) in [6, 6.07) is 23.9. The molecule has 6 N–H and O–H groups in total. The molecule has 4 aromatic carbocycles. The average Bonchev–Trinajstić information content (AvgIpc) is 3.57. The van der Waals surface area contributed by atoms with Crippen molar-refractivity contribution in [1.29, 1.82) is 0 Å². The zero-order chi connectivity index (χ0) is 33.9. The van der Waals surface area contributed by atoms with E-state index in [0.29, 0.717) is 34.7 Å². The van der Waals surface area contributed by atoms with Gasteiger partial charge in [0.2, 0.25) is 11.8 Å². The van der Waals surface area contributed by atoms with Crippen LogP contribution in [0.4, 0.5) is 8.78 Å². The molecule has 8 atom stereocenters. The number of fused-ring (bicyclic) bond motifs is 2. The van der Waals surface area contributed by atoms with Crippen LogP contribution in [0.5, 0.6) is 0 Å². The maximum absolute atomic E-state index is 14.9. The Bertz CT molecular complexity index is 1670. The van der Waals surface area contributed by atoms with E-state index < -0.39 is 70.4 Å². The van der Waals surface area contributed by atoms with Gasteiger partial charge in [0, 0.05) is 22.6 Å². The van der Waals surface area contributed by atoms with Gasteiger partial charge in [-0.25, -0.2) is 8.78 Å². The average molecular weight is 693 g/mol. The third kappa shape index (κ3) is 7.14. The highest BCUT2D eigenvalue weighted by Crippen LogP contribution is 2.37. The molecule has 8 nitrogen and oxygen atoms in total. The second-order valence-electron chi connectivity index (χ2n) is 11.8. The number of hydrogen-bond donors (Lipinski definition) is 6. The van der Waals surface area contributed by atoms with Crippen molar-refractivity contribution in [3.05, 3.63) is 131 Å². The van der Waals surface area contributed by atoms with Gasteiger partial charge in [-0.2, -0.15) is 0 Å². The van der Waals surface area contributed by atoms with Crippen LogP contribution in [0, 0.1) is 11.6 Å². The number of rotatable bonds is 11. The van der Waals surface area contributed by atoms with Crippen molar-refractivity contribution in [1.82, 2.24) is 10.6 Å². The maximum atomic E-state index is 14.9. The van der Waals surface area contributed by atoms with Crippen LogP contribution in [0.2, 0.25) is 0 Å². The molecule has 2 aliphatic rings. The number of carbonyl (C=O) groups excluding carboxylic acids is 2. The molecule has 0 aromatic heterocycles. The van der Waals surface area contributed by atoms with Crippen LogP contribution >= 0.6 is 23.5 Å². The molecule has 0 spiro atoms. The van der Waals surface area contributed by atoms with Crippen LogP contribution in [0.1, 0.15) is 34.3 Å². The van der Waals surface area contributed by atoms with E-state index in [0.717, 1.165) is 11.1 Å². The molecule has 6 rings (SSSR count). The zero-order valence-electron chi connectivity index (χ0n) is 25.4. The van der Waals surface area contributed by atoms with E-state index in [1.807, 2.05) is 24.3 Å². The number of amides is 2. The minimum atomic E-state index is -1.99. The maximum Gasteiger partial charge on any atom is 0.236 e. The molecule has 0 saturated heterocycles. The standard InChI is InChI=1S/C36H34F2N2O6S2/c37-23-13-5-7-15-27(23)47-33(35(45)39-29-21-11-3-1-9-19(21)17-25(29)41)31(43)32(44)34(48-28-16-8-6-14-24(28)38)36(46)40-30-22-12-4-2-10-20(22)18-26(30)42/h1-16,25-26,29-34,41-44H,17-18H2,(H,39,45)(H,40,46)/t25-,26-,29+,30?,31-,32-,33-,34-/m1/s1. The van der Waals surface area contributed by atoms with Gasteiger partial charge in [0.1, 0.15) is 34.3 Å². The van der Waals surface area contributed by atoms with Crippen molar-refractivity contribution in [2.75, 3.05) is 0 Å². The van der Waals surface area contributed by atoms with E-state index in [4.69, 9.17) is 0 Å². The van der Waals surface area contributed by atoms with Crippen LogP contribution in [0.15, 0.2) is 107 Å². The molecule has 4 aromatic rings. The molecule has 0 aliphatic heterocycles. The zero-order valence-corrected chi connectivity index (χ0v) is 27.1. The summed E-state index contributed by atoms with van der Waals surface area (Å²) in [5.41, 5.74) is 3.04. The Hall–Kier alpha value is -3.78. The Balaban J connectivity index is 1.31. The van der Waals surface area contributed by atoms with Crippen LogP contribution in [0.3, 0.4) is 0 Å². The van der Waals surface area contributed by atoms with E-state index in [9.17, 15) is 38.8 Å². The summed E-state index contributed by atoms with van der Waals surface area (Å²) in [6.45, 7) is 0. The first-order valence-electron chi connectivity index (χ1n) is 15.4. The van der Waals surface area contributed by atoms with Crippen molar-refractivity contribution < 1.29 is 38.8 Å². The molecule has 1 unspecified atom stereocenters. The number of thioether (sulfide) groups is 2. The van der Waals surface area contributed by atoms with Gasteiger partial charge < -0.3 is 31.1 Å². The van der Waals surface area contributed by atoms with Gasteiger partial charge in [0.05, 0.1) is 24.3 Å². The molecule has 0 heterocycles. The topological polar surface area (TPSA) is 139 Å². The second-order valence-corrected chi connectivity index (χ2v) is 14.2. The third-order valence-corrected chi connectivity index (χ3v) is 11.3. The lowest BCUT2D eigenvalue weighted by molar-refractivity contribution is -0.129. The summed E-state index contributed by atoms with van der Waals surface area (Å²) in [5, 5.41) is 47.4. The predicted octanol–water partition coefficient (Wildman–Crippen LogP) is 3.86. The smallest absolute Gasteiger partial charge is 0.236 e. The van der Waals surface area contributed by atoms with Gasteiger partial charge >= 0.3 is 0 Å². The Kier molecular flexibility index (Phi) is 10.5. The van der Waals surface area contributed by atoms with Gasteiger partial charge in [-0.3, -0.25) is 9.59 Å². The Morgan fingerprint density at radius 1 is 0.604 bits per heavy atom. The fraction of sp³-hybridized carbons (Fsp3) is 0.278. The van der Waals surface area contributed by atoms with Crippen molar-refractivity contribution in [3.8, 4) is 0 Å². The molecular formula is C36H34F2N2O6S2. The fourth-order valence-corrected chi connectivity index (χ4v) is 8.41. The number of hydrogen-bond acceptors (Lipinski definition) is 8. The number of halogens is 2. The first-order valence-corrected chi connectivity index (χ1v) is 17.2. The number of nitrogens with one attached hydrogen (secondary N) is 2. The third-order valence-electron chi connectivity index (χ3n) is 8.67. The normalized spacial score (nSPS) is 22.2. The Morgan fingerprint density at radius 2 is 0.958 bits per heavy atom. The molecule has 0 fully saturated rings. The minimum absolute atomic E-state index is 0.00436. The quantitative estimate of drug-likeness (QED) is 0.130. The first-order chi connectivity index (χ1) is 23.1. The number of aliphatic hydroxyl groups is 4. The van der Waals surface area contributed by atoms with Gasteiger partial charge in [-0.15, -0.1) is 23.5 Å². The van der Waals surface area contributed by atoms with E-state index in [-0.39, 0.29) is 22.6 Å². The molecular weight excluding hydrogens is 659 g/mol. The summed E-state index contributed by atoms with van der Waals surface area (Å²) in [4.78, 5) is 27.9. The van der Waals surface area contributed by atoms with Crippen LogP contribution in [-0.4, -0.2) is 67.2 Å². The van der Waals surface area contributed by atoms with E-state index in [2.05, 4.69) is 10.6 Å². The number of aliphatic hydroxyl groups excluding tert-OH is 4. The van der Waals surface area contributed by atoms with Gasteiger partial charge in [0.15, 0.2) is 0 Å². The molecule has 250 valence electrons. The van der Waals surface area contributed by atoms with Crippen LogP contribution < -0.4 is 10.6 Å². The summed E-state index contributed by atoms with van der Waals surface area (Å²) < 4.78 is 29.8. The van der Waals surface area contributed by atoms with Crippen molar-refractivity contribution >= 4 is 35.3 Å². The Morgan fingerprint density at radius 3 is 1.35 bits per heavy atom. The highest BCUT2D eigenvalue weighted by molar-refractivity contribution is 8.01. The summed E-state index contributed by atoms with van der Waals surface area (Å²) in [6.07, 6.45) is -5.34. The molecule has 0 saturated carbocycles. The van der Waals surface area contributed by atoms with Crippen molar-refractivity contribution in [2.24, 2.45) is 0 Å². The molecule has 48 heavy (non-hydrogen) atoms. The van der Waals surface area contributed by atoms with Crippen molar-refractivity contribution in [2.45, 2.75) is 69.6 Å². The highest BCUT2D eigenvalue weighted by atomic mass is 32.2. The van der Waals surface area contributed by atoms with Gasteiger partial charge in [-0.05, 0) is 46.5 Å². The lowest BCUT2D eigenvalue weighted by Gasteiger charge is -2.32. The lowest BCUT2D eigenvalue weighted by Crippen LogP contribution is -2.53. The minimum Gasteiger partial charge on any atom is -0.390 e. The SMILES string of the molecule is O=C(NC1c2ccccc2C[C@H]1O)[C@H](Sc1ccccc1F)[C@H](O)[C@@H](O)[C@@H](Sc1ccccc1F)C(=O)N[C@H]1c2ccccc2C[C@H]1O. The number of carbonyl (C=O) groups is 2.